The van der Waals surface area contributed by atoms with E-state index in [1.165, 1.54) is 16.8 Å². The van der Waals surface area contributed by atoms with E-state index in [0.717, 1.165) is 31.6 Å². The van der Waals surface area contributed by atoms with E-state index in [0.29, 0.717) is 25.1 Å². The van der Waals surface area contributed by atoms with Crippen molar-refractivity contribution in [2.45, 2.75) is 51.7 Å². The fourth-order valence-electron chi connectivity index (χ4n) is 3.22. The van der Waals surface area contributed by atoms with Gasteiger partial charge in [0.1, 0.15) is 11.6 Å². The van der Waals surface area contributed by atoms with Gasteiger partial charge in [-0.25, -0.2) is 18.7 Å². The SMILES string of the molecule is CC(NC(=O)NCCCn1nc2n(c1=O)CCCC2)c1cc(F)c(Cl)cc1Cl. The minimum atomic E-state index is -0.594. The van der Waals surface area contributed by atoms with Crippen molar-refractivity contribution in [3.63, 3.8) is 0 Å². The third-order valence-corrected chi connectivity index (χ3v) is 5.33. The lowest BCUT2D eigenvalue weighted by molar-refractivity contribution is 0.237. The highest BCUT2D eigenvalue weighted by Crippen LogP contribution is 2.28. The third-order valence-electron chi connectivity index (χ3n) is 4.72. The lowest BCUT2D eigenvalue weighted by atomic mass is 10.1. The Morgan fingerprint density at radius 1 is 1.32 bits per heavy atom. The number of halogens is 3. The van der Waals surface area contributed by atoms with E-state index >= 15 is 0 Å². The molecule has 2 heterocycles. The van der Waals surface area contributed by atoms with Crippen molar-refractivity contribution in [3.05, 3.63) is 49.9 Å². The number of aryl methyl sites for hydroxylation is 2. The van der Waals surface area contributed by atoms with Crippen LogP contribution in [0, 0.1) is 5.82 Å². The average molecular weight is 430 g/mol. The highest BCUT2D eigenvalue weighted by Gasteiger charge is 2.17. The predicted octanol–water partition coefficient (Wildman–Crippen LogP) is 3.28. The summed E-state index contributed by atoms with van der Waals surface area (Å²) in [6.07, 6.45) is 3.45. The second-order valence-electron chi connectivity index (χ2n) is 6.79. The highest BCUT2D eigenvalue weighted by atomic mass is 35.5. The first kappa shape index (κ1) is 20.7. The van der Waals surface area contributed by atoms with Crippen LogP contribution in [0.5, 0.6) is 0 Å². The summed E-state index contributed by atoms with van der Waals surface area (Å²) in [4.78, 5) is 24.3. The van der Waals surface area contributed by atoms with E-state index in [2.05, 4.69) is 15.7 Å². The summed E-state index contributed by atoms with van der Waals surface area (Å²) in [5.41, 5.74) is 0.348. The first-order valence-electron chi connectivity index (χ1n) is 9.22. The van der Waals surface area contributed by atoms with E-state index in [4.69, 9.17) is 23.2 Å². The first-order valence-corrected chi connectivity index (χ1v) is 9.97. The monoisotopic (exact) mass is 429 g/mol. The standard InChI is InChI=1S/C18H22Cl2FN5O2/c1-11(12-9-15(21)14(20)10-13(12)19)23-17(27)22-6-4-8-26-18(28)25-7-3-2-5-16(25)24-26/h9-11H,2-8H2,1H3,(H2,22,23,27). The van der Waals surface area contributed by atoms with Crippen molar-refractivity contribution >= 4 is 29.2 Å². The lowest BCUT2D eigenvalue weighted by Crippen LogP contribution is -2.38. The minimum Gasteiger partial charge on any atom is -0.338 e. The Labute approximate surface area is 171 Å². The highest BCUT2D eigenvalue weighted by molar-refractivity contribution is 6.35. The molecule has 0 saturated heterocycles. The molecule has 3 rings (SSSR count). The topological polar surface area (TPSA) is 81.0 Å². The van der Waals surface area contributed by atoms with Gasteiger partial charge in [0.25, 0.3) is 0 Å². The number of carbonyl (C=O) groups excluding carboxylic acids is 1. The van der Waals surface area contributed by atoms with Crippen LogP contribution in [0.4, 0.5) is 9.18 Å². The molecule has 152 valence electrons. The number of amides is 2. The zero-order chi connectivity index (χ0) is 20.3. The summed E-state index contributed by atoms with van der Waals surface area (Å²) < 4.78 is 16.8. The molecule has 1 aliphatic rings. The van der Waals surface area contributed by atoms with Crippen LogP contribution in [-0.2, 0) is 19.5 Å². The van der Waals surface area contributed by atoms with Gasteiger partial charge in [0, 0.05) is 31.1 Å². The molecule has 0 spiro atoms. The van der Waals surface area contributed by atoms with Crippen molar-refractivity contribution < 1.29 is 9.18 Å². The van der Waals surface area contributed by atoms with E-state index in [-0.39, 0.29) is 15.7 Å². The van der Waals surface area contributed by atoms with E-state index in [1.807, 2.05) is 0 Å². The third kappa shape index (κ3) is 4.67. The second kappa shape index (κ2) is 8.96. The molecule has 2 aromatic rings. The summed E-state index contributed by atoms with van der Waals surface area (Å²) in [6.45, 7) is 3.22. The number of nitrogens with one attached hydrogen (secondary N) is 2. The van der Waals surface area contributed by atoms with Crippen LogP contribution < -0.4 is 16.3 Å². The summed E-state index contributed by atoms with van der Waals surface area (Å²) >= 11 is 11.8. The molecular weight excluding hydrogens is 408 g/mol. The predicted molar refractivity (Wildman–Crippen MR) is 105 cm³/mol. The maximum Gasteiger partial charge on any atom is 0.345 e. The number of nitrogens with zero attached hydrogens (tertiary/aromatic N) is 3. The summed E-state index contributed by atoms with van der Waals surface area (Å²) in [5.74, 6) is 0.242. The molecular formula is C18H22Cl2FN5O2. The Balaban J connectivity index is 1.47. The van der Waals surface area contributed by atoms with Gasteiger partial charge in [0.05, 0.1) is 11.1 Å². The Morgan fingerprint density at radius 3 is 2.86 bits per heavy atom. The fraction of sp³-hybridized carbons (Fsp3) is 0.500. The molecule has 0 aliphatic carbocycles. The summed E-state index contributed by atoms with van der Waals surface area (Å²) in [5, 5.41) is 9.99. The van der Waals surface area contributed by atoms with E-state index in [1.54, 1.807) is 11.5 Å². The van der Waals surface area contributed by atoms with Gasteiger partial charge >= 0.3 is 11.7 Å². The maximum absolute atomic E-state index is 13.6. The molecule has 28 heavy (non-hydrogen) atoms. The second-order valence-corrected chi connectivity index (χ2v) is 7.61. The van der Waals surface area contributed by atoms with E-state index in [9.17, 15) is 14.0 Å². The first-order chi connectivity index (χ1) is 13.4. The minimum absolute atomic E-state index is 0.0680. The van der Waals surface area contributed by atoms with Gasteiger partial charge in [-0.3, -0.25) is 4.57 Å². The lowest BCUT2D eigenvalue weighted by Gasteiger charge is -2.17. The molecule has 1 aromatic heterocycles. The molecule has 1 aromatic carbocycles. The Morgan fingerprint density at radius 2 is 2.11 bits per heavy atom. The molecule has 1 aliphatic heterocycles. The number of fused-ring (bicyclic) bond motifs is 1. The Bertz CT molecular complexity index is 927. The van der Waals surface area contributed by atoms with Gasteiger partial charge in [-0.15, -0.1) is 0 Å². The largest absolute Gasteiger partial charge is 0.345 e. The van der Waals surface area contributed by atoms with Crippen LogP contribution >= 0.6 is 23.2 Å². The number of benzene rings is 1. The normalized spacial score (nSPS) is 14.4. The van der Waals surface area contributed by atoms with Crippen molar-refractivity contribution in [2.75, 3.05) is 6.54 Å². The number of rotatable bonds is 6. The number of hydrogen-bond donors (Lipinski definition) is 2. The smallest absolute Gasteiger partial charge is 0.338 e. The molecule has 7 nitrogen and oxygen atoms in total. The average Bonchev–Trinajstić information content (AvgIpc) is 2.98. The van der Waals surface area contributed by atoms with E-state index < -0.39 is 17.9 Å². The van der Waals surface area contributed by atoms with Crippen LogP contribution in [0.3, 0.4) is 0 Å². The van der Waals surface area contributed by atoms with Gasteiger partial charge in [-0.05, 0) is 43.9 Å². The molecule has 10 heteroatoms. The quantitative estimate of drug-likeness (QED) is 0.545. The van der Waals surface area contributed by atoms with Gasteiger partial charge in [-0.2, -0.15) is 5.10 Å². The maximum atomic E-state index is 13.6. The fourth-order valence-corrected chi connectivity index (χ4v) is 3.77. The van der Waals surface area contributed by atoms with Crippen molar-refractivity contribution in [1.29, 1.82) is 0 Å². The Kier molecular flexibility index (Phi) is 6.61. The van der Waals surface area contributed by atoms with Crippen LogP contribution in [0.2, 0.25) is 10.0 Å². The molecule has 0 fully saturated rings. The van der Waals surface area contributed by atoms with Gasteiger partial charge in [0.15, 0.2) is 0 Å². The zero-order valence-corrected chi connectivity index (χ0v) is 17.0. The molecule has 0 bridgehead atoms. The number of urea groups is 1. The van der Waals surface area contributed by atoms with Crippen molar-refractivity contribution in [2.24, 2.45) is 0 Å². The van der Waals surface area contributed by atoms with Crippen LogP contribution in [0.1, 0.15) is 43.6 Å². The Hall–Kier alpha value is -2.06. The number of carbonyl (C=O) groups is 1. The molecule has 2 amide bonds. The number of aromatic nitrogens is 3. The van der Waals surface area contributed by atoms with Crippen LogP contribution in [0.25, 0.3) is 0 Å². The van der Waals surface area contributed by atoms with Gasteiger partial charge in [-0.1, -0.05) is 23.2 Å². The number of hydrogen-bond acceptors (Lipinski definition) is 3. The van der Waals surface area contributed by atoms with Crippen LogP contribution in [-0.4, -0.2) is 26.9 Å². The molecule has 2 N–H and O–H groups in total. The molecule has 0 radical (unpaired) electrons. The molecule has 0 saturated carbocycles. The van der Waals surface area contributed by atoms with Crippen LogP contribution in [0.15, 0.2) is 16.9 Å². The van der Waals surface area contributed by atoms with Crippen molar-refractivity contribution in [3.8, 4) is 0 Å². The summed E-state index contributed by atoms with van der Waals surface area (Å²) in [6, 6.07) is 1.62. The summed E-state index contributed by atoms with van der Waals surface area (Å²) in [7, 11) is 0. The molecule has 1 unspecified atom stereocenters. The zero-order valence-electron chi connectivity index (χ0n) is 15.5. The van der Waals surface area contributed by atoms with Crippen molar-refractivity contribution in [1.82, 2.24) is 25.0 Å². The molecule has 1 atom stereocenters. The van der Waals surface area contributed by atoms with Gasteiger partial charge in [0.2, 0.25) is 0 Å². The van der Waals surface area contributed by atoms with Gasteiger partial charge < -0.3 is 10.6 Å².